The Labute approximate surface area is 120 Å². The van der Waals surface area contributed by atoms with Crippen LogP contribution in [0, 0.1) is 5.92 Å². The molecule has 1 heterocycles. The van der Waals surface area contributed by atoms with Crippen LogP contribution in [0.5, 0.6) is 0 Å². The van der Waals surface area contributed by atoms with Crippen molar-refractivity contribution in [2.24, 2.45) is 5.92 Å². The van der Waals surface area contributed by atoms with Gasteiger partial charge in [0.15, 0.2) is 5.76 Å². The molecule has 4 heteroatoms. The molecular weight excluding hydrogens is 254 g/mol. The summed E-state index contributed by atoms with van der Waals surface area (Å²) in [7, 11) is 0. The molecule has 1 aliphatic rings. The zero-order valence-corrected chi connectivity index (χ0v) is 12.5. The van der Waals surface area contributed by atoms with Crippen molar-refractivity contribution in [2.45, 2.75) is 52.1 Å². The van der Waals surface area contributed by atoms with Gasteiger partial charge in [-0.05, 0) is 30.9 Å². The summed E-state index contributed by atoms with van der Waals surface area (Å²) in [6.45, 7) is 5.35. The van der Waals surface area contributed by atoms with Gasteiger partial charge in [-0.25, -0.2) is 0 Å². The summed E-state index contributed by atoms with van der Waals surface area (Å²) in [5, 5.41) is 2.83. The SMILES string of the molecule is CCc1ccc(C(=O)NCCO[C@H]2CCCC[C@@H]2C)o1. The fraction of sp³-hybridized carbons (Fsp3) is 0.688. The van der Waals surface area contributed by atoms with E-state index in [2.05, 4.69) is 12.2 Å². The molecule has 1 fully saturated rings. The first-order valence-corrected chi connectivity index (χ1v) is 7.69. The standard InChI is InChI=1S/C16H25NO3/c1-3-13-8-9-15(20-13)16(18)17-10-11-19-14-7-5-4-6-12(14)2/h8-9,12,14H,3-7,10-11H2,1-2H3,(H,17,18)/t12-,14-/m0/s1. The Morgan fingerprint density at radius 2 is 2.20 bits per heavy atom. The van der Waals surface area contributed by atoms with Crippen molar-refractivity contribution >= 4 is 5.91 Å². The van der Waals surface area contributed by atoms with Gasteiger partial charge in [-0.3, -0.25) is 4.79 Å². The summed E-state index contributed by atoms with van der Waals surface area (Å²) in [5.41, 5.74) is 0. The zero-order valence-electron chi connectivity index (χ0n) is 12.5. The van der Waals surface area contributed by atoms with Crippen LogP contribution in [0.3, 0.4) is 0 Å². The fourth-order valence-corrected chi connectivity index (χ4v) is 2.68. The highest BCUT2D eigenvalue weighted by molar-refractivity contribution is 5.91. The van der Waals surface area contributed by atoms with Crippen molar-refractivity contribution < 1.29 is 13.9 Å². The molecule has 2 atom stereocenters. The first kappa shape index (κ1) is 15.1. The number of nitrogens with one attached hydrogen (secondary N) is 1. The highest BCUT2D eigenvalue weighted by atomic mass is 16.5. The molecule has 1 N–H and O–H groups in total. The van der Waals surface area contributed by atoms with Crippen molar-refractivity contribution in [1.82, 2.24) is 5.32 Å². The van der Waals surface area contributed by atoms with Crippen LogP contribution in [-0.2, 0) is 11.2 Å². The van der Waals surface area contributed by atoms with Gasteiger partial charge < -0.3 is 14.5 Å². The van der Waals surface area contributed by atoms with Crippen LogP contribution in [0.4, 0.5) is 0 Å². The summed E-state index contributed by atoms with van der Waals surface area (Å²) >= 11 is 0. The number of furan rings is 1. The fourth-order valence-electron chi connectivity index (χ4n) is 2.68. The number of carbonyl (C=O) groups is 1. The third kappa shape index (κ3) is 4.10. The Morgan fingerprint density at radius 1 is 1.40 bits per heavy atom. The number of ether oxygens (including phenoxy) is 1. The van der Waals surface area contributed by atoms with Crippen LogP contribution in [0.15, 0.2) is 16.5 Å². The number of amides is 1. The minimum absolute atomic E-state index is 0.162. The first-order chi connectivity index (χ1) is 9.70. The van der Waals surface area contributed by atoms with Crippen LogP contribution >= 0.6 is 0 Å². The maximum atomic E-state index is 11.8. The largest absolute Gasteiger partial charge is 0.456 e. The van der Waals surface area contributed by atoms with Gasteiger partial charge in [-0.15, -0.1) is 0 Å². The molecule has 112 valence electrons. The number of carbonyl (C=O) groups excluding carboxylic acids is 1. The van der Waals surface area contributed by atoms with E-state index >= 15 is 0 Å². The van der Waals surface area contributed by atoms with Crippen LogP contribution in [-0.4, -0.2) is 25.2 Å². The van der Waals surface area contributed by atoms with E-state index < -0.39 is 0 Å². The third-order valence-corrected chi connectivity index (χ3v) is 3.99. The predicted molar refractivity (Wildman–Crippen MR) is 77.8 cm³/mol. The molecule has 20 heavy (non-hydrogen) atoms. The van der Waals surface area contributed by atoms with Gasteiger partial charge in [-0.2, -0.15) is 0 Å². The molecule has 2 rings (SSSR count). The molecule has 0 aromatic carbocycles. The molecule has 0 spiro atoms. The molecule has 1 amide bonds. The smallest absolute Gasteiger partial charge is 0.287 e. The quantitative estimate of drug-likeness (QED) is 0.814. The monoisotopic (exact) mass is 279 g/mol. The van der Waals surface area contributed by atoms with E-state index in [1.807, 2.05) is 13.0 Å². The second kappa shape index (κ2) is 7.48. The van der Waals surface area contributed by atoms with Crippen molar-refractivity contribution in [1.29, 1.82) is 0 Å². The van der Waals surface area contributed by atoms with Crippen LogP contribution in [0.25, 0.3) is 0 Å². The van der Waals surface area contributed by atoms with Crippen molar-refractivity contribution in [2.75, 3.05) is 13.2 Å². The molecule has 1 aromatic rings. The number of hydrogen-bond acceptors (Lipinski definition) is 3. The van der Waals surface area contributed by atoms with Gasteiger partial charge in [-0.1, -0.05) is 26.7 Å². The van der Waals surface area contributed by atoms with E-state index in [9.17, 15) is 4.79 Å². The molecule has 0 radical (unpaired) electrons. The lowest BCUT2D eigenvalue weighted by Crippen LogP contribution is -2.31. The second-order valence-electron chi connectivity index (χ2n) is 5.55. The lowest BCUT2D eigenvalue weighted by atomic mass is 9.88. The number of rotatable bonds is 6. The van der Waals surface area contributed by atoms with Crippen LogP contribution in [0.2, 0.25) is 0 Å². The minimum Gasteiger partial charge on any atom is -0.456 e. The molecule has 1 aliphatic carbocycles. The molecule has 1 aromatic heterocycles. The zero-order chi connectivity index (χ0) is 14.4. The van der Waals surface area contributed by atoms with E-state index in [0.29, 0.717) is 30.9 Å². The average molecular weight is 279 g/mol. The van der Waals surface area contributed by atoms with Crippen molar-refractivity contribution in [3.63, 3.8) is 0 Å². The van der Waals surface area contributed by atoms with Crippen molar-refractivity contribution in [3.8, 4) is 0 Å². The second-order valence-corrected chi connectivity index (χ2v) is 5.55. The molecular formula is C16H25NO3. The molecule has 1 saturated carbocycles. The van der Waals surface area contributed by atoms with E-state index in [0.717, 1.165) is 18.6 Å². The molecule has 0 aliphatic heterocycles. The lowest BCUT2D eigenvalue weighted by Gasteiger charge is -2.28. The predicted octanol–water partition coefficient (Wildman–Crippen LogP) is 3.17. The van der Waals surface area contributed by atoms with E-state index in [1.165, 1.54) is 19.3 Å². The topological polar surface area (TPSA) is 51.5 Å². The van der Waals surface area contributed by atoms with Gasteiger partial charge in [0.05, 0.1) is 12.7 Å². The molecule has 4 nitrogen and oxygen atoms in total. The van der Waals surface area contributed by atoms with E-state index in [4.69, 9.17) is 9.15 Å². The molecule has 0 bridgehead atoms. The van der Waals surface area contributed by atoms with Crippen LogP contribution < -0.4 is 5.32 Å². The molecule has 0 unspecified atom stereocenters. The summed E-state index contributed by atoms with van der Waals surface area (Å²) < 4.78 is 11.3. The minimum atomic E-state index is -0.162. The number of hydrogen-bond donors (Lipinski definition) is 1. The van der Waals surface area contributed by atoms with Gasteiger partial charge in [0, 0.05) is 13.0 Å². The lowest BCUT2D eigenvalue weighted by molar-refractivity contribution is -0.00300. The third-order valence-electron chi connectivity index (χ3n) is 3.99. The van der Waals surface area contributed by atoms with Gasteiger partial charge in [0.2, 0.25) is 0 Å². The summed E-state index contributed by atoms with van der Waals surface area (Å²) in [4.78, 5) is 11.8. The van der Waals surface area contributed by atoms with Crippen molar-refractivity contribution in [3.05, 3.63) is 23.7 Å². The van der Waals surface area contributed by atoms with Crippen LogP contribution in [0.1, 0.15) is 55.8 Å². The Bertz CT molecular complexity index is 427. The van der Waals surface area contributed by atoms with Gasteiger partial charge in [0.25, 0.3) is 5.91 Å². The Hall–Kier alpha value is -1.29. The normalized spacial score (nSPS) is 22.7. The summed E-state index contributed by atoms with van der Waals surface area (Å²) in [6, 6.07) is 3.56. The highest BCUT2D eigenvalue weighted by Crippen LogP contribution is 2.25. The number of aryl methyl sites for hydroxylation is 1. The maximum absolute atomic E-state index is 11.8. The van der Waals surface area contributed by atoms with Gasteiger partial charge >= 0.3 is 0 Å². The molecule has 0 saturated heterocycles. The Morgan fingerprint density at radius 3 is 2.90 bits per heavy atom. The summed E-state index contributed by atoms with van der Waals surface area (Å²) in [6.07, 6.45) is 6.13. The average Bonchev–Trinajstić information content (AvgIpc) is 2.94. The highest BCUT2D eigenvalue weighted by Gasteiger charge is 2.21. The first-order valence-electron chi connectivity index (χ1n) is 7.69. The van der Waals surface area contributed by atoms with E-state index in [1.54, 1.807) is 6.07 Å². The Kier molecular flexibility index (Phi) is 5.65. The van der Waals surface area contributed by atoms with E-state index in [-0.39, 0.29) is 5.91 Å². The summed E-state index contributed by atoms with van der Waals surface area (Å²) in [5.74, 6) is 1.69. The van der Waals surface area contributed by atoms with Gasteiger partial charge in [0.1, 0.15) is 5.76 Å². The Balaban J connectivity index is 1.66. The maximum Gasteiger partial charge on any atom is 0.287 e.